The molecule has 2 rings (SSSR count). The van der Waals surface area contributed by atoms with Crippen molar-refractivity contribution in [2.24, 2.45) is 5.92 Å². The largest absolute Gasteiger partial charge is 0.497 e. The van der Waals surface area contributed by atoms with Gasteiger partial charge in [-0.3, -0.25) is 4.98 Å². The van der Waals surface area contributed by atoms with Crippen molar-refractivity contribution < 1.29 is 4.74 Å². The molecular weight excluding hydrogens is 381 g/mol. The summed E-state index contributed by atoms with van der Waals surface area (Å²) < 4.78 is 5.42. The van der Waals surface area contributed by atoms with Gasteiger partial charge in [-0.25, -0.2) is 0 Å². The summed E-state index contributed by atoms with van der Waals surface area (Å²) >= 11 is 0. The molecule has 0 saturated carbocycles. The van der Waals surface area contributed by atoms with Crippen LogP contribution >= 0.6 is 24.8 Å². The minimum Gasteiger partial charge on any atom is -0.497 e. The number of fused-ring (bicyclic) bond motifs is 1. The SMILES string of the molecule is CCC(C)N(CCCNc1cc(OC)cc2cccnc12)CC(C)C.Cl.Cl. The fraction of sp³-hybridized carbons (Fsp3) is 0.571. The van der Waals surface area contributed by atoms with Crippen LogP contribution in [0.2, 0.25) is 0 Å². The van der Waals surface area contributed by atoms with E-state index in [9.17, 15) is 0 Å². The predicted molar refractivity (Wildman–Crippen MR) is 122 cm³/mol. The molecule has 4 nitrogen and oxygen atoms in total. The normalized spacial score (nSPS) is 11.8. The first-order chi connectivity index (χ1) is 12.0. The first-order valence-electron chi connectivity index (χ1n) is 9.45. The van der Waals surface area contributed by atoms with Gasteiger partial charge >= 0.3 is 0 Å². The summed E-state index contributed by atoms with van der Waals surface area (Å²) in [6.07, 6.45) is 4.15. The highest BCUT2D eigenvalue weighted by molar-refractivity contribution is 5.91. The number of hydrogen-bond donors (Lipinski definition) is 1. The van der Waals surface area contributed by atoms with E-state index < -0.39 is 0 Å². The third-order valence-corrected chi connectivity index (χ3v) is 4.67. The van der Waals surface area contributed by atoms with Gasteiger partial charge in [0.15, 0.2) is 0 Å². The number of methoxy groups -OCH3 is 1. The number of pyridine rings is 1. The molecule has 2 aromatic rings. The second kappa shape index (κ2) is 13.0. The van der Waals surface area contributed by atoms with Crippen molar-refractivity contribution in [1.82, 2.24) is 9.88 Å². The van der Waals surface area contributed by atoms with Gasteiger partial charge in [-0.2, -0.15) is 0 Å². The van der Waals surface area contributed by atoms with Crippen molar-refractivity contribution in [2.45, 2.75) is 46.6 Å². The van der Waals surface area contributed by atoms with E-state index >= 15 is 0 Å². The first-order valence-corrected chi connectivity index (χ1v) is 9.45. The average Bonchev–Trinajstić information content (AvgIpc) is 2.62. The molecule has 1 aromatic carbocycles. The molecule has 154 valence electrons. The monoisotopic (exact) mass is 415 g/mol. The topological polar surface area (TPSA) is 37.4 Å². The maximum atomic E-state index is 5.42. The van der Waals surface area contributed by atoms with Crippen molar-refractivity contribution >= 4 is 41.4 Å². The number of nitrogens with one attached hydrogen (secondary N) is 1. The van der Waals surface area contributed by atoms with E-state index in [0.29, 0.717) is 12.0 Å². The van der Waals surface area contributed by atoms with Crippen LogP contribution in [0.4, 0.5) is 5.69 Å². The molecule has 6 heteroatoms. The Kier molecular flexibility index (Phi) is 12.4. The van der Waals surface area contributed by atoms with Crippen LogP contribution in [0, 0.1) is 5.92 Å². The lowest BCUT2D eigenvalue weighted by Gasteiger charge is -2.30. The molecule has 1 heterocycles. The Morgan fingerprint density at radius 3 is 2.56 bits per heavy atom. The summed E-state index contributed by atoms with van der Waals surface area (Å²) in [6, 6.07) is 8.74. The highest BCUT2D eigenvalue weighted by Crippen LogP contribution is 2.27. The summed E-state index contributed by atoms with van der Waals surface area (Å²) in [5, 5.41) is 4.66. The van der Waals surface area contributed by atoms with Crippen LogP contribution in [0.3, 0.4) is 0 Å². The van der Waals surface area contributed by atoms with Crippen LogP contribution in [0.1, 0.15) is 40.5 Å². The number of nitrogens with zero attached hydrogens (tertiary/aromatic N) is 2. The molecule has 1 unspecified atom stereocenters. The van der Waals surface area contributed by atoms with Crippen molar-refractivity contribution in [1.29, 1.82) is 0 Å². The van der Waals surface area contributed by atoms with Crippen LogP contribution in [-0.2, 0) is 0 Å². The van der Waals surface area contributed by atoms with Crippen molar-refractivity contribution in [3.05, 3.63) is 30.5 Å². The Balaban J connectivity index is 0.00000338. The van der Waals surface area contributed by atoms with Crippen molar-refractivity contribution in [3.8, 4) is 5.75 Å². The molecule has 0 amide bonds. The fourth-order valence-electron chi connectivity index (χ4n) is 3.14. The third-order valence-electron chi connectivity index (χ3n) is 4.67. The zero-order valence-electron chi connectivity index (χ0n) is 17.2. The molecule has 0 aliphatic rings. The first kappa shape index (κ1) is 25.8. The van der Waals surface area contributed by atoms with E-state index in [1.165, 1.54) is 13.0 Å². The van der Waals surface area contributed by atoms with Crippen molar-refractivity contribution in [3.63, 3.8) is 0 Å². The quantitative estimate of drug-likeness (QED) is 0.508. The summed E-state index contributed by atoms with van der Waals surface area (Å²) in [4.78, 5) is 7.13. The molecule has 1 atom stereocenters. The van der Waals surface area contributed by atoms with E-state index in [1.54, 1.807) is 7.11 Å². The van der Waals surface area contributed by atoms with Crippen molar-refractivity contribution in [2.75, 3.05) is 32.1 Å². The van der Waals surface area contributed by atoms with Gasteiger partial charge in [-0.15, -0.1) is 24.8 Å². The predicted octanol–water partition coefficient (Wildman–Crippen LogP) is 5.65. The Bertz CT molecular complexity index is 667. The lowest BCUT2D eigenvalue weighted by molar-refractivity contribution is 0.181. The smallest absolute Gasteiger partial charge is 0.121 e. The van der Waals surface area contributed by atoms with Gasteiger partial charge < -0.3 is 15.0 Å². The molecule has 0 spiro atoms. The maximum Gasteiger partial charge on any atom is 0.121 e. The van der Waals surface area contributed by atoms with E-state index in [4.69, 9.17) is 4.74 Å². The van der Waals surface area contributed by atoms with E-state index in [-0.39, 0.29) is 24.8 Å². The molecule has 0 fully saturated rings. The molecule has 1 N–H and O–H groups in total. The zero-order chi connectivity index (χ0) is 18.2. The molecule has 0 aliphatic carbocycles. The van der Waals surface area contributed by atoms with Crippen LogP contribution in [-0.4, -0.2) is 42.7 Å². The second-order valence-electron chi connectivity index (χ2n) is 7.18. The van der Waals surface area contributed by atoms with Gasteiger partial charge in [0.25, 0.3) is 0 Å². The van der Waals surface area contributed by atoms with Gasteiger partial charge in [-0.05, 0) is 37.8 Å². The lowest BCUT2D eigenvalue weighted by atomic mass is 10.1. The van der Waals surface area contributed by atoms with E-state index in [1.807, 2.05) is 24.4 Å². The Labute approximate surface area is 176 Å². The summed E-state index contributed by atoms with van der Waals surface area (Å²) in [6.45, 7) is 12.4. The van der Waals surface area contributed by atoms with Gasteiger partial charge in [0.05, 0.1) is 18.3 Å². The minimum atomic E-state index is 0. The number of ether oxygens (including phenoxy) is 1. The van der Waals surface area contributed by atoms with E-state index in [2.05, 4.69) is 49.0 Å². The van der Waals surface area contributed by atoms with Crippen LogP contribution in [0.25, 0.3) is 10.9 Å². The Hall–Kier alpha value is -1.23. The number of hydrogen-bond acceptors (Lipinski definition) is 4. The number of rotatable bonds is 10. The van der Waals surface area contributed by atoms with Crippen LogP contribution in [0.5, 0.6) is 5.75 Å². The summed E-state index contributed by atoms with van der Waals surface area (Å²) in [5.41, 5.74) is 2.05. The fourth-order valence-corrected chi connectivity index (χ4v) is 3.14. The van der Waals surface area contributed by atoms with Crippen LogP contribution < -0.4 is 10.1 Å². The van der Waals surface area contributed by atoms with Gasteiger partial charge in [0, 0.05) is 43.3 Å². The minimum absolute atomic E-state index is 0. The molecular formula is C21H35Cl2N3O. The van der Waals surface area contributed by atoms with Gasteiger partial charge in [0.2, 0.25) is 0 Å². The Morgan fingerprint density at radius 2 is 1.93 bits per heavy atom. The second-order valence-corrected chi connectivity index (χ2v) is 7.18. The number of halogens is 2. The van der Waals surface area contributed by atoms with Gasteiger partial charge in [0.1, 0.15) is 5.75 Å². The third kappa shape index (κ3) is 7.73. The highest BCUT2D eigenvalue weighted by atomic mass is 35.5. The average molecular weight is 416 g/mol. The molecule has 0 radical (unpaired) electrons. The number of anilines is 1. The molecule has 27 heavy (non-hydrogen) atoms. The summed E-state index contributed by atoms with van der Waals surface area (Å²) in [7, 11) is 1.71. The maximum absolute atomic E-state index is 5.42. The molecule has 1 aromatic heterocycles. The zero-order valence-corrected chi connectivity index (χ0v) is 18.8. The number of benzene rings is 1. The molecule has 0 aliphatic heterocycles. The molecule has 0 bridgehead atoms. The molecule has 0 saturated heterocycles. The van der Waals surface area contributed by atoms with E-state index in [0.717, 1.165) is 41.9 Å². The lowest BCUT2D eigenvalue weighted by Crippen LogP contribution is -2.37. The highest BCUT2D eigenvalue weighted by Gasteiger charge is 2.13. The Morgan fingerprint density at radius 1 is 1.19 bits per heavy atom. The van der Waals surface area contributed by atoms with Gasteiger partial charge in [-0.1, -0.05) is 26.8 Å². The van der Waals surface area contributed by atoms with Crippen LogP contribution in [0.15, 0.2) is 30.5 Å². The summed E-state index contributed by atoms with van der Waals surface area (Å²) in [5.74, 6) is 1.57. The standard InChI is InChI=1S/C21H33N3O.2ClH/c1-6-17(4)24(15-16(2)3)12-8-11-22-20-14-19(25-5)13-18-9-7-10-23-21(18)20;;/h7,9-10,13-14,16-17,22H,6,8,11-12,15H2,1-5H3;2*1H. The number of aromatic nitrogens is 1.